The molecule has 0 aliphatic rings. The molecule has 0 unspecified atom stereocenters. The van der Waals surface area contributed by atoms with Crippen LogP contribution in [0.15, 0.2) is 40.6 Å². The molecule has 2 aromatic rings. The maximum absolute atomic E-state index is 12.3. The summed E-state index contributed by atoms with van der Waals surface area (Å²) in [6, 6.07) is 6.92. The van der Waals surface area contributed by atoms with Gasteiger partial charge in [-0.2, -0.15) is 0 Å². The van der Waals surface area contributed by atoms with Crippen LogP contribution in [0.25, 0.3) is 0 Å². The fourth-order valence-electron chi connectivity index (χ4n) is 1.66. The molecule has 1 heterocycles. The quantitative estimate of drug-likeness (QED) is 0.799. The molecule has 7 nitrogen and oxygen atoms in total. The zero-order valence-electron chi connectivity index (χ0n) is 11.4. The van der Waals surface area contributed by atoms with Crippen molar-refractivity contribution in [3.63, 3.8) is 0 Å². The summed E-state index contributed by atoms with van der Waals surface area (Å²) in [7, 11) is -2.77. The fraction of sp³-hybridized carbons (Fsp3) is 0.0769. The molecule has 1 aromatic carbocycles. The molecule has 22 heavy (non-hydrogen) atoms. The van der Waals surface area contributed by atoms with Crippen LogP contribution in [0.5, 0.6) is 0 Å². The fourth-order valence-corrected chi connectivity index (χ4v) is 4.06. The number of nitrogens with two attached hydrogens (primary N) is 1. The van der Waals surface area contributed by atoms with E-state index in [-0.39, 0.29) is 21.0 Å². The lowest BCUT2D eigenvalue weighted by atomic mass is 10.2. The van der Waals surface area contributed by atoms with Crippen LogP contribution < -0.4 is 10.5 Å². The summed E-state index contributed by atoms with van der Waals surface area (Å²) >= 11 is 0.971. The van der Waals surface area contributed by atoms with Crippen LogP contribution in [-0.4, -0.2) is 27.4 Å². The molecular weight excluding hydrogens is 328 g/mol. The van der Waals surface area contributed by atoms with E-state index in [1.165, 1.54) is 42.8 Å². The van der Waals surface area contributed by atoms with Crippen molar-refractivity contribution in [1.29, 1.82) is 0 Å². The smallest absolute Gasteiger partial charge is 0.349 e. The Bertz CT molecular complexity index is 809. The lowest BCUT2D eigenvalue weighted by Gasteiger charge is -2.08. The summed E-state index contributed by atoms with van der Waals surface area (Å²) in [5.74, 6) is -1.33. The number of amides is 1. The third-order valence-electron chi connectivity index (χ3n) is 2.71. The molecule has 9 heteroatoms. The van der Waals surface area contributed by atoms with Crippen molar-refractivity contribution in [2.45, 2.75) is 4.90 Å². The van der Waals surface area contributed by atoms with Gasteiger partial charge in [0.1, 0.15) is 9.77 Å². The summed E-state index contributed by atoms with van der Waals surface area (Å²) in [6.07, 6.45) is 0. The van der Waals surface area contributed by atoms with E-state index in [0.717, 1.165) is 11.3 Å². The van der Waals surface area contributed by atoms with Gasteiger partial charge < -0.3 is 10.5 Å². The number of anilines is 1. The lowest BCUT2D eigenvalue weighted by Crippen LogP contribution is -2.16. The van der Waals surface area contributed by atoms with Crippen LogP contribution in [0.3, 0.4) is 0 Å². The molecule has 0 aliphatic carbocycles. The van der Waals surface area contributed by atoms with Gasteiger partial charge in [-0.1, -0.05) is 0 Å². The summed E-state index contributed by atoms with van der Waals surface area (Å²) in [5, 5.41) is 1.48. The Morgan fingerprint density at radius 2 is 1.82 bits per heavy atom. The van der Waals surface area contributed by atoms with E-state index in [1.807, 2.05) is 0 Å². The molecule has 116 valence electrons. The van der Waals surface area contributed by atoms with E-state index in [2.05, 4.69) is 9.46 Å². The monoisotopic (exact) mass is 340 g/mol. The van der Waals surface area contributed by atoms with Gasteiger partial charge in [0.15, 0.2) is 0 Å². The summed E-state index contributed by atoms with van der Waals surface area (Å²) in [6.45, 7) is 0. The lowest BCUT2D eigenvalue weighted by molar-refractivity contribution is 0.0602. The van der Waals surface area contributed by atoms with Crippen LogP contribution in [0.1, 0.15) is 20.0 Å². The maximum atomic E-state index is 12.3. The Labute approximate surface area is 130 Å². The van der Waals surface area contributed by atoms with E-state index in [0.29, 0.717) is 0 Å². The molecule has 1 aromatic heterocycles. The molecule has 0 spiro atoms. The topological polar surface area (TPSA) is 116 Å². The molecular formula is C13H12N2O5S2. The van der Waals surface area contributed by atoms with Crippen molar-refractivity contribution >= 4 is 38.9 Å². The van der Waals surface area contributed by atoms with Gasteiger partial charge in [0.25, 0.3) is 10.0 Å². The van der Waals surface area contributed by atoms with E-state index >= 15 is 0 Å². The maximum Gasteiger partial charge on any atom is 0.349 e. The number of thiophene rings is 1. The van der Waals surface area contributed by atoms with Gasteiger partial charge in [-0.25, -0.2) is 13.2 Å². The second-order valence-electron chi connectivity index (χ2n) is 4.15. The molecule has 0 fully saturated rings. The SMILES string of the molecule is COC(=O)c1sccc1S(=O)(=O)Nc1ccc(C(N)=O)cc1. The minimum atomic E-state index is -3.95. The van der Waals surface area contributed by atoms with E-state index in [9.17, 15) is 18.0 Å². The highest BCUT2D eigenvalue weighted by molar-refractivity contribution is 7.93. The number of primary amides is 1. The van der Waals surface area contributed by atoms with Crippen LogP contribution in [0, 0.1) is 0 Å². The molecule has 0 saturated carbocycles. The molecule has 0 saturated heterocycles. The number of hydrogen-bond acceptors (Lipinski definition) is 6. The number of sulfonamides is 1. The third kappa shape index (κ3) is 3.26. The van der Waals surface area contributed by atoms with Gasteiger partial charge in [0.05, 0.1) is 7.11 Å². The Kier molecular flexibility index (Phi) is 4.48. The molecule has 3 N–H and O–H groups in total. The summed E-state index contributed by atoms with van der Waals surface area (Å²) < 4.78 is 31.5. The predicted octanol–water partition coefficient (Wildman–Crippen LogP) is 1.43. The van der Waals surface area contributed by atoms with Crippen LogP contribution in [0.2, 0.25) is 0 Å². The Balaban J connectivity index is 2.30. The van der Waals surface area contributed by atoms with Gasteiger partial charge in [0.2, 0.25) is 5.91 Å². The Hall–Kier alpha value is -2.39. The number of carbonyl (C=O) groups is 2. The van der Waals surface area contributed by atoms with Gasteiger partial charge >= 0.3 is 5.97 Å². The molecule has 0 bridgehead atoms. The second kappa shape index (κ2) is 6.16. The molecule has 1 amide bonds. The first-order valence-electron chi connectivity index (χ1n) is 5.93. The van der Waals surface area contributed by atoms with Gasteiger partial charge in [0, 0.05) is 11.3 Å². The van der Waals surface area contributed by atoms with Gasteiger partial charge in [-0.15, -0.1) is 11.3 Å². The van der Waals surface area contributed by atoms with Gasteiger partial charge in [-0.3, -0.25) is 9.52 Å². The van der Waals surface area contributed by atoms with Crippen LogP contribution >= 0.6 is 11.3 Å². The Morgan fingerprint density at radius 3 is 2.36 bits per heavy atom. The first-order chi connectivity index (χ1) is 10.3. The number of esters is 1. The highest BCUT2D eigenvalue weighted by atomic mass is 32.2. The zero-order chi connectivity index (χ0) is 16.3. The van der Waals surface area contributed by atoms with Gasteiger partial charge in [-0.05, 0) is 35.7 Å². The minimum Gasteiger partial charge on any atom is -0.465 e. The molecule has 2 rings (SSSR count). The molecule has 0 radical (unpaired) electrons. The second-order valence-corrected chi connectivity index (χ2v) is 6.72. The van der Waals surface area contributed by atoms with E-state index < -0.39 is 21.9 Å². The average molecular weight is 340 g/mol. The van der Waals surface area contributed by atoms with E-state index in [1.54, 1.807) is 0 Å². The minimum absolute atomic E-state index is 0.0104. The van der Waals surface area contributed by atoms with Crippen molar-refractivity contribution in [3.05, 3.63) is 46.2 Å². The summed E-state index contributed by atoms with van der Waals surface area (Å²) in [5.41, 5.74) is 5.61. The van der Waals surface area contributed by atoms with E-state index in [4.69, 9.17) is 5.73 Å². The number of carbonyl (C=O) groups excluding carboxylic acids is 2. The summed E-state index contributed by atoms with van der Waals surface area (Å²) in [4.78, 5) is 22.4. The predicted molar refractivity (Wildman–Crippen MR) is 81.4 cm³/mol. The number of nitrogens with one attached hydrogen (secondary N) is 1. The van der Waals surface area contributed by atoms with Crippen molar-refractivity contribution in [3.8, 4) is 0 Å². The largest absolute Gasteiger partial charge is 0.465 e. The van der Waals surface area contributed by atoms with Crippen molar-refractivity contribution in [2.75, 3.05) is 11.8 Å². The average Bonchev–Trinajstić information content (AvgIpc) is 2.97. The van der Waals surface area contributed by atoms with Crippen LogP contribution in [0.4, 0.5) is 5.69 Å². The highest BCUT2D eigenvalue weighted by Gasteiger charge is 2.24. The molecule has 0 atom stereocenters. The number of benzene rings is 1. The zero-order valence-corrected chi connectivity index (χ0v) is 13.0. The highest BCUT2D eigenvalue weighted by Crippen LogP contribution is 2.25. The number of methoxy groups -OCH3 is 1. The van der Waals surface area contributed by atoms with Crippen molar-refractivity contribution in [1.82, 2.24) is 0 Å². The van der Waals surface area contributed by atoms with Crippen molar-refractivity contribution < 1.29 is 22.7 Å². The normalized spacial score (nSPS) is 11.0. The first-order valence-corrected chi connectivity index (χ1v) is 8.30. The first kappa shape index (κ1) is 16.0. The third-order valence-corrected chi connectivity index (χ3v) is 5.16. The molecule has 0 aliphatic heterocycles. The number of rotatable bonds is 5. The number of ether oxygens (including phenoxy) is 1. The van der Waals surface area contributed by atoms with Crippen molar-refractivity contribution in [2.24, 2.45) is 5.73 Å². The number of hydrogen-bond donors (Lipinski definition) is 2. The Morgan fingerprint density at radius 1 is 1.18 bits per heavy atom. The van der Waals surface area contributed by atoms with Crippen LogP contribution in [-0.2, 0) is 14.8 Å². The standard InChI is InChI=1S/C13H12N2O5S2/c1-20-13(17)11-10(6-7-21-11)22(18,19)15-9-4-2-8(3-5-9)12(14)16/h2-7,15H,1H3,(H2,14,16).